The van der Waals surface area contributed by atoms with E-state index in [4.69, 9.17) is 0 Å². The maximum absolute atomic E-state index is 12.1. The summed E-state index contributed by atoms with van der Waals surface area (Å²) in [6.45, 7) is 1.39. The second-order valence-corrected chi connectivity index (χ2v) is 7.05. The SMILES string of the molecule is CN(CCCNC(=O)/C=C1\Sc2ccccc2NC1=O)c1ccccc1. The number of nitrogens with one attached hydrogen (secondary N) is 2. The lowest BCUT2D eigenvalue weighted by atomic mass is 10.3. The topological polar surface area (TPSA) is 61.4 Å². The molecule has 0 unspecified atom stereocenters. The van der Waals surface area contributed by atoms with Gasteiger partial charge < -0.3 is 15.5 Å². The first-order valence-corrected chi connectivity index (χ1v) is 9.29. The number of carbonyl (C=O) groups is 2. The van der Waals surface area contributed by atoms with Crippen LogP contribution < -0.4 is 15.5 Å². The molecule has 0 saturated heterocycles. The van der Waals surface area contributed by atoms with Crippen molar-refractivity contribution in [2.75, 3.05) is 30.4 Å². The Bertz CT molecular complexity index is 821. The summed E-state index contributed by atoms with van der Waals surface area (Å²) in [5.74, 6) is -0.489. The van der Waals surface area contributed by atoms with E-state index in [1.54, 1.807) is 0 Å². The van der Waals surface area contributed by atoms with Gasteiger partial charge in [0.25, 0.3) is 5.91 Å². The van der Waals surface area contributed by atoms with Crippen LogP contribution in [0.2, 0.25) is 0 Å². The first-order chi connectivity index (χ1) is 12.6. The van der Waals surface area contributed by atoms with Crippen LogP contribution >= 0.6 is 11.8 Å². The average Bonchev–Trinajstić information content (AvgIpc) is 2.66. The van der Waals surface area contributed by atoms with Crippen molar-refractivity contribution in [3.63, 3.8) is 0 Å². The molecule has 0 saturated carbocycles. The van der Waals surface area contributed by atoms with Gasteiger partial charge in [0.2, 0.25) is 5.91 Å². The fourth-order valence-corrected chi connectivity index (χ4v) is 3.53. The number of amides is 2. The van der Waals surface area contributed by atoms with Crippen LogP contribution in [-0.2, 0) is 9.59 Å². The summed E-state index contributed by atoms with van der Waals surface area (Å²) in [6.07, 6.45) is 2.19. The van der Waals surface area contributed by atoms with E-state index in [9.17, 15) is 9.59 Å². The Balaban J connectivity index is 1.47. The van der Waals surface area contributed by atoms with Gasteiger partial charge in [-0.05, 0) is 30.7 Å². The molecule has 5 nitrogen and oxygen atoms in total. The molecule has 0 aromatic heterocycles. The molecule has 0 atom stereocenters. The molecule has 2 aromatic carbocycles. The summed E-state index contributed by atoms with van der Waals surface area (Å²) in [7, 11) is 2.03. The molecule has 134 valence electrons. The lowest BCUT2D eigenvalue weighted by Gasteiger charge is -2.19. The molecule has 1 aliphatic rings. The number of nitrogens with zero attached hydrogens (tertiary/aromatic N) is 1. The molecule has 1 heterocycles. The molecule has 6 heteroatoms. The molecule has 2 aromatic rings. The molecule has 1 aliphatic heterocycles. The monoisotopic (exact) mass is 367 g/mol. The number of anilines is 2. The van der Waals surface area contributed by atoms with Gasteiger partial charge in [0, 0.05) is 36.8 Å². The molecular weight excluding hydrogens is 346 g/mol. The number of rotatable bonds is 6. The summed E-state index contributed by atoms with van der Waals surface area (Å²) in [5, 5.41) is 5.65. The third-order valence-corrected chi connectivity index (χ3v) is 5.11. The van der Waals surface area contributed by atoms with Crippen LogP contribution in [0.3, 0.4) is 0 Å². The second-order valence-electron chi connectivity index (χ2n) is 5.96. The lowest BCUT2D eigenvalue weighted by Crippen LogP contribution is -2.28. The zero-order valence-corrected chi connectivity index (χ0v) is 15.4. The van der Waals surface area contributed by atoms with Crippen molar-refractivity contribution in [3.05, 3.63) is 65.6 Å². The van der Waals surface area contributed by atoms with Crippen LogP contribution in [0.15, 0.2) is 70.5 Å². The summed E-state index contributed by atoms with van der Waals surface area (Å²) in [5.41, 5.74) is 1.93. The quantitative estimate of drug-likeness (QED) is 0.608. The predicted octanol–water partition coefficient (Wildman–Crippen LogP) is 3.26. The molecule has 0 bridgehead atoms. The van der Waals surface area contributed by atoms with E-state index in [0.29, 0.717) is 11.4 Å². The van der Waals surface area contributed by atoms with Crippen molar-refractivity contribution >= 4 is 35.0 Å². The lowest BCUT2D eigenvalue weighted by molar-refractivity contribution is -0.117. The van der Waals surface area contributed by atoms with Crippen LogP contribution in [0.5, 0.6) is 0 Å². The number of fused-ring (bicyclic) bond motifs is 1. The minimum Gasteiger partial charge on any atom is -0.375 e. The first-order valence-electron chi connectivity index (χ1n) is 8.47. The smallest absolute Gasteiger partial charge is 0.262 e. The van der Waals surface area contributed by atoms with Crippen molar-refractivity contribution in [1.29, 1.82) is 0 Å². The molecular formula is C20H21N3O2S. The molecule has 0 fully saturated rings. The summed E-state index contributed by atoms with van der Waals surface area (Å²) in [4.78, 5) is 27.7. The highest BCUT2D eigenvalue weighted by molar-refractivity contribution is 8.04. The van der Waals surface area contributed by atoms with Gasteiger partial charge in [-0.25, -0.2) is 0 Å². The van der Waals surface area contributed by atoms with Crippen molar-refractivity contribution < 1.29 is 9.59 Å². The van der Waals surface area contributed by atoms with Gasteiger partial charge in [0.15, 0.2) is 0 Å². The number of carbonyl (C=O) groups excluding carboxylic acids is 2. The van der Waals surface area contributed by atoms with E-state index in [0.717, 1.165) is 29.2 Å². The predicted molar refractivity (Wildman–Crippen MR) is 106 cm³/mol. The van der Waals surface area contributed by atoms with Gasteiger partial charge in [0.1, 0.15) is 0 Å². The van der Waals surface area contributed by atoms with Crippen LogP contribution in [0.25, 0.3) is 0 Å². The molecule has 0 aliphatic carbocycles. The van der Waals surface area contributed by atoms with Crippen LogP contribution in [0.1, 0.15) is 6.42 Å². The van der Waals surface area contributed by atoms with Gasteiger partial charge in [-0.1, -0.05) is 42.1 Å². The average molecular weight is 367 g/mol. The molecule has 0 radical (unpaired) electrons. The molecule has 2 amide bonds. The minimum atomic E-state index is -0.246. The number of hydrogen-bond donors (Lipinski definition) is 2. The van der Waals surface area contributed by atoms with Crippen molar-refractivity contribution in [1.82, 2.24) is 5.32 Å². The maximum atomic E-state index is 12.1. The van der Waals surface area contributed by atoms with E-state index in [-0.39, 0.29) is 11.8 Å². The van der Waals surface area contributed by atoms with Crippen molar-refractivity contribution in [2.24, 2.45) is 0 Å². The molecule has 3 rings (SSSR count). The van der Waals surface area contributed by atoms with Gasteiger partial charge in [-0.3, -0.25) is 9.59 Å². The highest BCUT2D eigenvalue weighted by Crippen LogP contribution is 2.37. The van der Waals surface area contributed by atoms with Gasteiger partial charge in [-0.15, -0.1) is 0 Å². The fraction of sp³-hybridized carbons (Fsp3) is 0.200. The Morgan fingerprint density at radius 2 is 1.88 bits per heavy atom. The molecule has 2 N–H and O–H groups in total. The number of hydrogen-bond acceptors (Lipinski definition) is 4. The Morgan fingerprint density at radius 3 is 2.69 bits per heavy atom. The van der Waals surface area contributed by atoms with E-state index in [2.05, 4.69) is 27.7 Å². The fourth-order valence-electron chi connectivity index (χ4n) is 2.61. The summed E-state index contributed by atoms with van der Waals surface area (Å²) >= 11 is 1.31. The van der Waals surface area contributed by atoms with Gasteiger partial charge in [-0.2, -0.15) is 0 Å². The number of thioether (sulfide) groups is 1. The summed E-state index contributed by atoms with van der Waals surface area (Å²) < 4.78 is 0. The molecule has 0 spiro atoms. The Labute approximate surface area is 157 Å². The van der Waals surface area contributed by atoms with Gasteiger partial charge >= 0.3 is 0 Å². The first kappa shape index (κ1) is 18.1. The third kappa shape index (κ3) is 4.67. The van der Waals surface area contributed by atoms with E-state index in [1.165, 1.54) is 17.8 Å². The highest BCUT2D eigenvalue weighted by Gasteiger charge is 2.21. The van der Waals surface area contributed by atoms with Crippen LogP contribution in [-0.4, -0.2) is 32.0 Å². The van der Waals surface area contributed by atoms with Crippen molar-refractivity contribution in [2.45, 2.75) is 11.3 Å². The largest absolute Gasteiger partial charge is 0.375 e. The highest BCUT2D eigenvalue weighted by atomic mass is 32.2. The minimum absolute atomic E-state index is 0.243. The zero-order chi connectivity index (χ0) is 18.4. The van der Waals surface area contributed by atoms with E-state index >= 15 is 0 Å². The van der Waals surface area contributed by atoms with Crippen molar-refractivity contribution in [3.8, 4) is 0 Å². The van der Waals surface area contributed by atoms with E-state index in [1.807, 2.05) is 49.5 Å². The standard InChI is InChI=1S/C20H21N3O2S/c1-23(15-8-3-2-4-9-15)13-7-12-21-19(24)14-18-20(25)22-16-10-5-6-11-17(16)26-18/h2-6,8-11,14H,7,12-13H2,1H3,(H,21,24)(H,22,25)/b18-14-. The number of benzene rings is 2. The maximum Gasteiger partial charge on any atom is 0.262 e. The Hall–Kier alpha value is -2.73. The third-order valence-electron chi connectivity index (χ3n) is 4.01. The van der Waals surface area contributed by atoms with Crippen LogP contribution in [0.4, 0.5) is 11.4 Å². The summed E-state index contributed by atoms with van der Waals surface area (Å²) in [6, 6.07) is 17.7. The Morgan fingerprint density at radius 1 is 1.15 bits per heavy atom. The molecule has 26 heavy (non-hydrogen) atoms. The number of para-hydroxylation sites is 2. The van der Waals surface area contributed by atoms with E-state index < -0.39 is 0 Å². The van der Waals surface area contributed by atoms with Crippen LogP contribution in [0, 0.1) is 0 Å². The second kappa shape index (κ2) is 8.58. The normalized spacial score (nSPS) is 14.5. The Kier molecular flexibility index (Phi) is 5.96. The van der Waals surface area contributed by atoms with Gasteiger partial charge in [0.05, 0.1) is 10.6 Å². The zero-order valence-electron chi connectivity index (χ0n) is 14.6.